The van der Waals surface area contributed by atoms with Crippen molar-refractivity contribution in [3.63, 3.8) is 0 Å². The highest BCUT2D eigenvalue weighted by atomic mass is 79.9. The van der Waals surface area contributed by atoms with Gasteiger partial charge in [0.2, 0.25) is 5.91 Å². The number of aromatic nitrogens is 4. The Kier molecular flexibility index (Phi) is 6.27. The second-order valence-electron chi connectivity index (χ2n) is 8.06. The Balaban J connectivity index is 1.49. The molecule has 4 aromatic rings. The van der Waals surface area contributed by atoms with E-state index in [0.717, 1.165) is 36.4 Å². The van der Waals surface area contributed by atoms with Crippen molar-refractivity contribution in [3.8, 4) is 22.8 Å². The average Bonchev–Trinajstić information content (AvgIpc) is 3.26. The predicted octanol–water partition coefficient (Wildman–Crippen LogP) is 4.94. The standard InChI is InChI=1S/C25H23BrN6O2/c26-13-12-21(33)31-14-4-5-18(15-31)32-25-22(24(27)28-16-29-25)23(30-32)17-8-10-20(11-9-17)34-19-6-2-1-3-7-19/h1-3,6-13,16,18H,4-5,14-15H2,(H2,27,28,29)/b13-12-/t18-/m1/s1. The van der Waals surface area contributed by atoms with Crippen LogP contribution in [0.4, 0.5) is 5.82 Å². The van der Waals surface area contributed by atoms with Gasteiger partial charge in [-0.25, -0.2) is 14.6 Å². The Morgan fingerprint density at radius 2 is 1.85 bits per heavy atom. The van der Waals surface area contributed by atoms with Gasteiger partial charge >= 0.3 is 0 Å². The Morgan fingerprint density at radius 1 is 1.09 bits per heavy atom. The molecule has 9 heteroatoms. The van der Waals surface area contributed by atoms with Crippen molar-refractivity contribution in [1.29, 1.82) is 0 Å². The van der Waals surface area contributed by atoms with E-state index in [2.05, 4.69) is 25.9 Å². The van der Waals surface area contributed by atoms with Crippen molar-refractivity contribution in [1.82, 2.24) is 24.6 Å². The van der Waals surface area contributed by atoms with E-state index in [1.165, 1.54) is 12.4 Å². The van der Waals surface area contributed by atoms with Crippen LogP contribution in [0.25, 0.3) is 22.3 Å². The van der Waals surface area contributed by atoms with Crippen LogP contribution in [0.1, 0.15) is 18.9 Å². The number of para-hydroxylation sites is 1. The van der Waals surface area contributed by atoms with Gasteiger partial charge < -0.3 is 15.4 Å². The molecule has 1 atom stereocenters. The normalized spacial score (nSPS) is 16.3. The first-order chi connectivity index (χ1) is 16.6. The molecule has 2 aromatic carbocycles. The number of hydrogen-bond donors (Lipinski definition) is 1. The number of nitrogen functional groups attached to an aromatic ring is 1. The van der Waals surface area contributed by atoms with Crippen molar-refractivity contribution in [2.24, 2.45) is 0 Å². The number of nitrogens with zero attached hydrogens (tertiary/aromatic N) is 5. The smallest absolute Gasteiger partial charge is 0.247 e. The van der Waals surface area contributed by atoms with Gasteiger partial charge in [-0.3, -0.25) is 4.79 Å². The summed E-state index contributed by atoms with van der Waals surface area (Å²) in [6, 6.07) is 17.3. The lowest BCUT2D eigenvalue weighted by Gasteiger charge is -2.32. The Bertz CT molecular complexity index is 1340. The van der Waals surface area contributed by atoms with Gasteiger partial charge in [0, 0.05) is 24.7 Å². The van der Waals surface area contributed by atoms with E-state index in [9.17, 15) is 4.79 Å². The molecule has 0 spiro atoms. The maximum atomic E-state index is 12.4. The molecule has 3 heterocycles. The van der Waals surface area contributed by atoms with E-state index in [-0.39, 0.29) is 11.9 Å². The van der Waals surface area contributed by atoms with E-state index in [1.54, 1.807) is 4.99 Å². The number of likely N-dealkylation sites (tertiary alicyclic amines) is 1. The highest BCUT2D eigenvalue weighted by Gasteiger charge is 2.28. The Hall–Kier alpha value is -3.72. The molecule has 1 saturated heterocycles. The molecule has 1 aliphatic rings. The minimum atomic E-state index is -0.0265. The molecule has 34 heavy (non-hydrogen) atoms. The number of halogens is 1. The largest absolute Gasteiger partial charge is 0.457 e. The van der Waals surface area contributed by atoms with E-state index in [1.807, 2.05) is 64.2 Å². The maximum Gasteiger partial charge on any atom is 0.247 e. The van der Waals surface area contributed by atoms with Crippen LogP contribution < -0.4 is 10.5 Å². The number of rotatable bonds is 5. The van der Waals surface area contributed by atoms with Gasteiger partial charge in [-0.15, -0.1) is 0 Å². The summed E-state index contributed by atoms with van der Waals surface area (Å²) in [6.07, 6.45) is 4.76. The number of ether oxygens (including phenoxy) is 1. The van der Waals surface area contributed by atoms with E-state index >= 15 is 0 Å². The average molecular weight is 519 g/mol. The number of anilines is 1. The van der Waals surface area contributed by atoms with Gasteiger partial charge in [0.25, 0.3) is 0 Å². The van der Waals surface area contributed by atoms with Gasteiger partial charge in [-0.2, -0.15) is 5.10 Å². The van der Waals surface area contributed by atoms with Gasteiger partial charge in [0.05, 0.1) is 11.4 Å². The summed E-state index contributed by atoms with van der Waals surface area (Å²) in [4.78, 5) is 24.5. The first-order valence-electron chi connectivity index (χ1n) is 11.0. The van der Waals surface area contributed by atoms with Crippen LogP contribution in [-0.2, 0) is 4.79 Å². The van der Waals surface area contributed by atoms with E-state index in [4.69, 9.17) is 15.6 Å². The fourth-order valence-electron chi connectivity index (χ4n) is 4.27. The molecule has 172 valence electrons. The second-order valence-corrected chi connectivity index (χ2v) is 8.59. The predicted molar refractivity (Wildman–Crippen MR) is 135 cm³/mol. The first kappa shape index (κ1) is 22.1. The quantitative estimate of drug-likeness (QED) is 0.375. The summed E-state index contributed by atoms with van der Waals surface area (Å²) < 4.78 is 7.81. The lowest BCUT2D eigenvalue weighted by molar-refractivity contribution is -0.127. The summed E-state index contributed by atoms with van der Waals surface area (Å²) in [7, 11) is 0. The molecular weight excluding hydrogens is 496 g/mol. The fourth-order valence-corrected chi connectivity index (χ4v) is 4.50. The molecule has 8 nitrogen and oxygen atoms in total. The molecule has 0 radical (unpaired) electrons. The minimum absolute atomic E-state index is 0.00679. The van der Waals surface area contributed by atoms with Crippen LogP contribution in [0.15, 0.2) is 72.0 Å². The minimum Gasteiger partial charge on any atom is -0.457 e. The van der Waals surface area contributed by atoms with E-state index in [0.29, 0.717) is 29.1 Å². The SMILES string of the molecule is Nc1ncnc2c1c(-c1ccc(Oc3ccccc3)cc1)nn2[C@@H]1CCCN(C(=O)/C=C\Br)C1. The monoisotopic (exact) mass is 518 g/mol. The second kappa shape index (κ2) is 9.64. The topological polar surface area (TPSA) is 99.2 Å². The number of fused-ring (bicyclic) bond motifs is 1. The molecule has 0 bridgehead atoms. The van der Waals surface area contributed by atoms with Gasteiger partial charge in [0.1, 0.15) is 29.3 Å². The van der Waals surface area contributed by atoms with Crippen LogP contribution in [-0.4, -0.2) is 43.6 Å². The Labute approximate surface area is 205 Å². The fraction of sp³-hybridized carbons (Fsp3) is 0.200. The van der Waals surface area contributed by atoms with Crippen molar-refractivity contribution in [2.45, 2.75) is 18.9 Å². The summed E-state index contributed by atoms with van der Waals surface area (Å²) >= 11 is 3.18. The Morgan fingerprint density at radius 3 is 2.62 bits per heavy atom. The number of piperidine rings is 1. The van der Waals surface area contributed by atoms with Crippen molar-refractivity contribution < 1.29 is 9.53 Å². The molecule has 5 rings (SSSR count). The number of amides is 1. The van der Waals surface area contributed by atoms with Gasteiger partial charge in [0.15, 0.2) is 5.65 Å². The summed E-state index contributed by atoms with van der Waals surface area (Å²) in [6.45, 7) is 1.28. The molecule has 1 aliphatic heterocycles. The number of benzene rings is 2. The van der Waals surface area contributed by atoms with Crippen LogP contribution >= 0.6 is 15.9 Å². The molecule has 0 unspecified atom stereocenters. The number of nitrogens with two attached hydrogens (primary N) is 1. The van der Waals surface area contributed by atoms with Crippen molar-refractivity contribution >= 4 is 38.7 Å². The molecule has 1 amide bonds. The zero-order valence-corrected chi connectivity index (χ0v) is 19.9. The maximum absolute atomic E-state index is 12.4. The molecule has 1 fully saturated rings. The third-order valence-corrected chi connectivity index (χ3v) is 6.15. The molecular formula is C25H23BrN6O2. The van der Waals surface area contributed by atoms with Gasteiger partial charge in [-0.1, -0.05) is 34.1 Å². The highest BCUT2D eigenvalue weighted by Crippen LogP contribution is 2.34. The first-order valence-corrected chi connectivity index (χ1v) is 11.9. The van der Waals surface area contributed by atoms with Crippen molar-refractivity contribution in [2.75, 3.05) is 18.8 Å². The molecule has 0 aliphatic carbocycles. The zero-order chi connectivity index (χ0) is 23.5. The molecule has 2 N–H and O–H groups in total. The number of carbonyl (C=O) groups excluding carboxylic acids is 1. The summed E-state index contributed by atoms with van der Waals surface area (Å²) in [5.41, 5.74) is 8.54. The van der Waals surface area contributed by atoms with Crippen LogP contribution in [0, 0.1) is 0 Å². The number of hydrogen-bond acceptors (Lipinski definition) is 6. The van der Waals surface area contributed by atoms with Crippen molar-refractivity contribution in [3.05, 3.63) is 72.0 Å². The third kappa shape index (κ3) is 4.38. The van der Waals surface area contributed by atoms with Crippen LogP contribution in [0.5, 0.6) is 11.5 Å². The molecule has 2 aromatic heterocycles. The third-order valence-electron chi connectivity index (χ3n) is 5.88. The zero-order valence-electron chi connectivity index (χ0n) is 18.3. The molecule has 0 saturated carbocycles. The lowest BCUT2D eigenvalue weighted by atomic mass is 10.1. The van der Waals surface area contributed by atoms with Crippen LogP contribution in [0.2, 0.25) is 0 Å². The lowest BCUT2D eigenvalue weighted by Crippen LogP contribution is -2.40. The van der Waals surface area contributed by atoms with Gasteiger partial charge in [-0.05, 0) is 54.2 Å². The highest BCUT2D eigenvalue weighted by molar-refractivity contribution is 9.11. The summed E-state index contributed by atoms with van der Waals surface area (Å²) in [5, 5.41) is 5.64. The van der Waals surface area contributed by atoms with E-state index < -0.39 is 0 Å². The summed E-state index contributed by atoms with van der Waals surface area (Å²) in [5.74, 6) is 1.85. The number of carbonyl (C=O) groups is 1. The van der Waals surface area contributed by atoms with Crippen LogP contribution in [0.3, 0.4) is 0 Å².